The molecule has 4 aliphatic carbocycles. The highest BCUT2D eigenvalue weighted by atomic mass is 32.2. The highest BCUT2D eigenvalue weighted by molar-refractivity contribution is 8.15. The lowest BCUT2D eigenvalue weighted by Gasteiger charge is -2.46. The first-order valence-electron chi connectivity index (χ1n) is 12.3. The van der Waals surface area contributed by atoms with Gasteiger partial charge in [0.15, 0.2) is 5.17 Å². The Labute approximate surface area is 195 Å². The van der Waals surface area contributed by atoms with E-state index in [0.717, 1.165) is 48.2 Å². The normalized spacial score (nSPS) is 35.2. The molecule has 0 aromatic heterocycles. The number of aryl methyl sites for hydroxylation is 1. The van der Waals surface area contributed by atoms with Crippen LogP contribution in [-0.4, -0.2) is 40.7 Å². The summed E-state index contributed by atoms with van der Waals surface area (Å²) in [5, 5.41) is 2.98. The summed E-state index contributed by atoms with van der Waals surface area (Å²) in [6.07, 6.45) is 9.83. The van der Waals surface area contributed by atoms with Crippen LogP contribution in [-0.2, 0) is 9.59 Å². The third kappa shape index (κ3) is 4.48. The van der Waals surface area contributed by atoms with Crippen LogP contribution in [0.1, 0.15) is 56.9 Å². The molecule has 32 heavy (non-hydrogen) atoms. The number of carbonyl (C=O) groups excluding carboxylic acids is 2. The highest BCUT2D eigenvalue weighted by Gasteiger charge is 2.46. The van der Waals surface area contributed by atoms with Gasteiger partial charge in [-0.2, -0.15) is 0 Å². The molecule has 0 spiro atoms. The van der Waals surface area contributed by atoms with Gasteiger partial charge in [-0.05, 0) is 80.8 Å². The van der Waals surface area contributed by atoms with Gasteiger partial charge in [-0.3, -0.25) is 14.5 Å². The maximum Gasteiger partial charge on any atom is 0.233 e. The fraction of sp³-hybridized carbons (Fsp3) is 0.654. The number of hydrogen-bond acceptors (Lipinski definition) is 4. The van der Waals surface area contributed by atoms with Crippen molar-refractivity contribution in [3.05, 3.63) is 29.8 Å². The summed E-state index contributed by atoms with van der Waals surface area (Å²) in [6, 6.07) is 8.03. The van der Waals surface area contributed by atoms with Crippen LogP contribution in [0.15, 0.2) is 29.3 Å². The summed E-state index contributed by atoms with van der Waals surface area (Å²) in [7, 11) is 1.63. The van der Waals surface area contributed by atoms with Gasteiger partial charge in [0.25, 0.3) is 0 Å². The molecule has 1 unspecified atom stereocenters. The monoisotopic (exact) mass is 453 g/mol. The third-order valence-corrected chi connectivity index (χ3v) is 9.55. The van der Waals surface area contributed by atoms with Crippen molar-refractivity contribution in [3.63, 3.8) is 0 Å². The molecule has 5 aliphatic rings. The molecule has 2 amide bonds. The molecule has 1 aromatic carbocycles. The lowest BCUT2D eigenvalue weighted by Crippen LogP contribution is -2.47. The van der Waals surface area contributed by atoms with E-state index in [2.05, 4.69) is 12.2 Å². The first-order chi connectivity index (χ1) is 15.5. The number of hydrogen-bond donors (Lipinski definition) is 1. The Balaban J connectivity index is 1.34. The number of thioether (sulfide) groups is 1. The maximum absolute atomic E-state index is 13.2. The average molecular weight is 454 g/mol. The van der Waals surface area contributed by atoms with Crippen LogP contribution in [0.3, 0.4) is 0 Å². The zero-order valence-corrected chi connectivity index (χ0v) is 20.1. The maximum atomic E-state index is 13.2. The smallest absolute Gasteiger partial charge is 0.233 e. The van der Waals surface area contributed by atoms with Crippen LogP contribution in [0, 0.1) is 36.5 Å². The molecular formula is C26H35N3O2S. The first kappa shape index (κ1) is 22.0. The quantitative estimate of drug-likeness (QED) is 0.689. The van der Waals surface area contributed by atoms with Gasteiger partial charge < -0.3 is 5.32 Å². The minimum absolute atomic E-state index is 0.0317. The molecule has 1 aliphatic heterocycles. The highest BCUT2D eigenvalue weighted by Crippen LogP contribution is 2.55. The summed E-state index contributed by atoms with van der Waals surface area (Å²) in [5.74, 6) is 4.28. The van der Waals surface area contributed by atoms with E-state index in [1.54, 1.807) is 7.05 Å². The predicted molar refractivity (Wildman–Crippen MR) is 130 cm³/mol. The van der Waals surface area contributed by atoms with Crippen molar-refractivity contribution < 1.29 is 9.59 Å². The molecule has 1 saturated heterocycles. The van der Waals surface area contributed by atoms with E-state index in [4.69, 9.17) is 4.99 Å². The van der Waals surface area contributed by atoms with Gasteiger partial charge in [-0.25, -0.2) is 4.99 Å². The van der Waals surface area contributed by atoms with Crippen molar-refractivity contribution in [2.45, 2.75) is 63.5 Å². The minimum atomic E-state index is -0.405. The van der Waals surface area contributed by atoms with E-state index in [1.165, 1.54) is 55.9 Å². The number of benzene rings is 1. The Kier molecular flexibility index (Phi) is 6.33. The summed E-state index contributed by atoms with van der Waals surface area (Å²) < 4.78 is 0. The Bertz CT molecular complexity index is 867. The van der Waals surface area contributed by atoms with Gasteiger partial charge >= 0.3 is 0 Å². The van der Waals surface area contributed by atoms with E-state index >= 15 is 0 Å². The SMILES string of the molecule is CNC(=O)C1CC(=O)N(CCC2C3CC4CCC(C3)CC2C4)C(=Nc2ccc(C)cc2)S1. The molecule has 5 fully saturated rings. The van der Waals surface area contributed by atoms with E-state index < -0.39 is 5.25 Å². The molecule has 5 nitrogen and oxygen atoms in total. The molecule has 1 heterocycles. The number of nitrogens with one attached hydrogen (secondary N) is 1. The zero-order valence-electron chi connectivity index (χ0n) is 19.3. The molecule has 6 rings (SSSR count). The molecule has 0 radical (unpaired) electrons. The van der Waals surface area contributed by atoms with Crippen molar-refractivity contribution in [3.8, 4) is 0 Å². The van der Waals surface area contributed by atoms with Crippen LogP contribution < -0.4 is 5.32 Å². The third-order valence-electron chi connectivity index (χ3n) is 8.36. The molecule has 4 bridgehead atoms. The second-order valence-corrected chi connectivity index (χ2v) is 11.6. The average Bonchev–Trinajstić information content (AvgIpc) is 3.04. The number of amidine groups is 1. The molecule has 1 N–H and O–H groups in total. The van der Waals surface area contributed by atoms with Gasteiger partial charge in [-0.15, -0.1) is 0 Å². The Morgan fingerprint density at radius 2 is 1.72 bits per heavy atom. The van der Waals surface area contributed by atoms with Gasteiger partial charge in [0, 0.05) is 20.0 Å². The summed E-state index contributed by atoms with van der Waals surface area (Å²) in [5.41, 5.74) is 2.01. The molecule has 172 valence electrons. The predicted octanol–water partition coefficient (Wildman–Crippen LogP) is 4.92. The minimum Gasteiger partial charge on any atom is -0.358 e. The number of fused-ring (bicyclic) bond motifs is 1. The van der Waals surface area contributed by atoms with Crippen LogP contribution in [0.4, 0.5) is 5.69 Å². The second kappa shape index (κ2) is 9.20. The number of amides is 2. The van der Waals surface area contributed by atoms with Gasteiger partial charge in [-0.1, -0.05) is 42.3 Å². The summed E-state index contributed by atoms with van der Waals surface area (Å²) in [4.78, 5) is 32.2. The van der Waals surface area contributed by atoms with Crippen molar-refractivity contribution in [2.24, 2.45) is 34.6 Å². The van der Waals surface area contributed by atoms with Crippen molar-refractivity contribution in [2.75, 3.05) is 13.6 Å². The Morgan fingerprint density at radius 1 is 1.09 bits per heavy atom. The Morgan fingerprint density at radius 3 is 2.31 bits per heavy atom. The van der Waals surface area contributed by atoms with Crippen molar-refractivity contribution in [1.29, 1.82) is 0 Å². The number of carbonyl (C=O) groups is 2. The largest absolute Gasteiger partial charge is 0.358 e. The molecule has 1 aromatic rings. The fourth-order valence-electron chi connectivity index (χ4n) is 6.83. The van der Waals surface area contributed by atoms with Crippen molar-refractivity contribution >= 4 is 34.4 Å². The van der Waals surface area contributed by atoms with Gasteiger partial charge in [0.2, 0.25) is 11.8 Å². The van der Waals surface area contributed by atoms with Crippen LogP contribution in [0.5, 0.6) is 0 Å². The van der Waals surface area contributed by atoms with Crippen LogP contribution in [0.2, 0.25) is 0 Å². The van der Waals surface area contributed by atoms with E-state index in [-0.39, 0.29) is 18.2 Å². The molecule has 6 heteroatoms. The van der Waals surface area contributed by atoms with Crippen molar-refractivity contribution in [1.82, 2.24) is 10.2 Å². The molecule has 1 atom stereocenters. The Hall–Kier alpha value is -1.82. The molecular weight excluding hydrogens is 418 g/mol. The second-order valence-electron chi connectivity index (χ2n) is 10.4. The lowest BCUT2D eigenvalue weighted by molar-refractivity contribution is -0.130. The fourth-order valence-corrected chi connectivity index (χ4v) is 8.01. The molecule has 4 saturated carbocycles. The number of aliphatic imine (C=N–C) groups is 1. The van der Waals surface area contributed by atoms with E-state index in [0.29, 0.717) is 5.17 Å². The topological polar surface area (TPSA) is 61.8 Å². The first-order valence-corrected chi connectivity index (χ1v) is 13.2. The van der Waals surface area contributed by atoms with E-state index in [1.807, 2.05) is 29.2 Å². The van der Waals surface area contributed by atoms with E-state index in [9.17, 15) is 9.59 Å². The summed E-state index contributed by atoms with van der Waals surface area (Å²) >= 11 is 1.44. The van der Waals surface area contributed by atoms with Gasteiger partial charge in [0.05, 0.1) is 10.9 Å². The lowest BCUT2D eigenvalue weighted by atomic mass is 9.60. The zero-order chi connectivity index (χ0) is 22.2. The standard InChI is InChI=1S/C26H35N3O2S/c1-16-3-7-21(8-4-16)28-26-29(24(30)15-23(32-26)25(31)27-2)10-9-22-19-11-17-5-6-18(13-19)14-20(22)12-17/h3-4,7-8,17-20,22-23H,5-6,9-15H2,1-2H3,(H,27,31). The summed E-state index contributed by atoms with van der Waals surface area (Å²) in [6.45, 7) is 2.78. The number of rotatable bonds is 5. The van der Waals surface area contributed by atoms with Crippen LogP contribution in [0.25, 0.3) is 0 Å². The van der Waals surface area contributed by atoms with Crippen LogP contribution >= 0.6 is 11.8 Å². The number of nitrogens with zero attached hydrogens (tertiary/aromatic N) is 2. The van der Waals surface area contributed by atoms with Gasteiger partial charge in [0.1, 0.15) is 0 Å².